The van der Waals surface area contributed by atoms with Crippen LogP contribution in [0.5, 0.6) is 0 Å². The van der Waals surface area contributed by atoms with Crippen LogP contribution in [0.2, 0.25) is 0 Å². The lowest BCUT2D eigenvalue weighted by Crippen LogP contribution is -2.48. The molecule has 2 aliphatic heterocycles. The molecular formula is C28H37N3O2. The highest BCUT2D eigenvalue weighted by Crippen LogP contribution is 2.39. The average Bonchev–Trinajstić information content (AvgIpc) is 2.82. The summed E-state index contributed by atoms with van der Waals surface area (Å²) in [4.78, 5) is 29.1. The summed E-state index contributed by atoms with van der Waals surface area (Å²) in [6, 6.07) is 17.0. The summed E-state index contributed by atoms with van der Waals surface area (Å²) < 4.78 is 0. The summed E-state index contributed by atoms with van der Waals surface area (Å²) in [5.41, 5.74) is 10.7. The largest absolute Gasteiger partial charge is 0.369 e. The first-order chi connectivity index (χ1) is 15.9. The average molecular weight is 448 g/mol. The molecule has 2 fully saturated rings. The van der Waals surface area contributed by atoms with Crippen molar-refractivity contribution in [2.75, 3.05) is 26.2 Å². The van der Waals surface area contributed by atoms with Gasteiger partial charge in [-0.05, 0) is 74.4 Å². The fourth-order valence-corrected chi connectivity index (χ4v) is 5.65. The quantitative estimate of drug-likeness (QED) is 0.727. The molecule has 2 aliphatic rings. The van der Waals surface area contributed by atoms with Crippen molar-refractivity contribution in [2.45, 2.75) is 58.4 Å². The number of rotatable bonds is 6. The van der Waals surface area contributed by atoms with Gasteiger partial charge in [-0.1, -0.05) is 48.5 Å². The zero-order valence-corrected chi connectivity index (χ0v) is 20.1. The molecule has 2 saturated heterocycles. The van der Waals surface area contributed by atoms with Crippen LogP contribution in [0.3, 0.4) is 0 Å². The Morgan fingerprint density at radius 1 is 1.00 bits per heavy atom. The van der Waals surface area contributed by atoms with Gasteiger partial charge in [0.25, 0.3) is 0 Å². The topological polar surface area (TPSA) is 66.6 Å². The Morgan fingerprint density at radius 2 is 1.67 bits per heavy atom. The van der Waals surface area contributed by atoms with Crippen LogP contribution in [0.25, 0.3) is 0 Å². The van der Waals surface area contributed by atoms with Crippen molar-refractivity contribution >= 4 is 11.8 Å². The molecule has 5 nitrogen and oxygen atoms in total. The van der Waals surface area contributed by atoms with Crippen LogP contribution in [-0.4, -0.2) is 47.8 Å². The fourth-order valence-electron chi connectivity index (χ4n) is 5.65. The SMILES string of the molecule is CC(=O)N1CCC[C@@H](c2ccccc2CC2(C(N)=O)CCN(Cc3ccccc3C)CC2)C1. The molecule has 2 aromatic carbocycles. The van der Waals surface area contributed by atoms with Gasteiger partial charge < -0.3 is 10.6 Å². The Bertz CT molecular complexity index is 994. The van der Waals surface area contributed by atoms with E-state index in [1.165, 1.54) is 22.3 Å². The number of benzene rings is 2. The molecule has 33 heavy (non-hydrogen) atoms. The lowest BCUT2D eigenvalue weighted by molar-refractivity contribution is -0.130. The van der Waals surface area contributed by atoms with E-state index >= 15 is 0 Å². The second-order valence-corrected chi connectivity index (χ2v) is 10.0. The predicted octanol–water partition coefficient (Wildman–Crippen LogP) is 4.03. The van der Waals surface area contributed by atoms with Crippen molar-refractivity contribution in [1.82, 2.24) is 9.80 Å². The van der Waals surface area contributed by atoms with E-state index in [-0.39, 0.29) is 11.8 Å². The van der Waals surface area contributed by atoms with Crippen molar-refractivity contribution in [2.24, 2.45) is 11.1 Å². The Balaban J connectivity index is 1.49. The number of amides is 2. The van der Waals surface area contributed by atoms with Gasteiger partial charge in [0.2, 0.25) is 11.8 Å². The van der Waals surface area contributed by atoms with E-state index in [2.05, 4.69) is 60.4 Å². The third kappa shape index (κ3) is 5.30. The van der Waals surface area contributed by atoms with E-state index in [1.54, 1.807) is 6.92 Å². The van der Waals surface area contributed by atoms with Crippen LogP contribution in [0.4, 0.5) is 0 Å². The zero-order valence-electron chi connectivity index (χ0n) is 20.1. The minimum Gasteiger partial charge on any atom is -0.369 e. The molecule has 1 atom stereocenters. The first-order valence-corrected chi connectivity index (χ1v) is 12.3. The Kier molecular flexibility index (Phi) is 7.18. The highest BCUT2D eigenvalue weighted by atomic mass is 16.2. The van der Waals surface area contributed by atoms with Crippen molar-refractivity contribution in [3.05, 3.63) is 70.8 Å². The number of aryl methyl sites for hydroxylation is 1. The summed E-state index contributed by atoms with van der Waals surface area (Å²) in [6.07, 6.45) is 4.36. The molecule has 2 heterocycles. The molecule has 0 aliphatic carbocycles. The fraction of sp³-hybridized carbons (Fsp3) is 0.500. The van der Waals surface area contributed by atoms with Crippen molar-refractivity contribution in [3.63, 3.8) is 0 Å². The van der Waals surface area contributed by atoms with Crippen molar-refractivity contribution in [3.8, 4) is 0 Å². The molecule has 176 valence electrons. The number of hydrogen-bond donors (Lipinski definition) is 1. The van der Waals surface area contributed by atoms with Gasteiger partial charge in [-0.15, -0.1) is 0 Å². The van der Waals surface area contributed by atoms with Crippen molar-refractivity contribution < 1.29 is 9.59 Å². The maximum absolute atomic E-state index is 12.8. The van der Waals surface area contributed by atoms with E-state index in [1.807, 2.05) is 4.90 Å². The van der Waals surface area contributed by atoms with Crippen LogP contribution >= 0.6 is 0 Å². The van der Waals surface area contributed by atoms with E-state index in [0.29, 0.717) is 12.3 Å². The number of primary amides is 1. The van der Waals surface area contributed by atoms with Gasteiger partial charge >= 0.3 is 0 Å². The molecule has 4 rings (SSSR count). The third-order valence-electron chi connectivity index (χ3n) is 7.88. The maximum Gasteiger partial charge on any atom is 0.224 e. The summed E-state index contributed by atoms with van der Waals surface area (Å²) >= 11 is 0. The molecule has 0 unspecified atom stereocenters. The molecule has 0 spiro atoms. The van der Waals surface area contributed by atoms with Crippen molar-refractivity contribution in [1.29, 1.82) is 0 Å². The van der Waals surface area contributed by atoms with E-state index in [0.717, 1.165) is 58.4 Å². The van der Waals surface area contributed by atoms with Gasteiger partial charge in [0.15, 0.2) is 0 Å². The molecule has 2 amide bonds. The standard InChI is InChI=1S/C28H37N3O2/c1-21-8-3-4-10-24(21)19-30-16-13-28(14-17-30,27(29)33)18-23-9-5-6-12-26(23)25-11-7-15-31(20-25)22(2)32/h3-6,8-10,12,25H,7,11,13-20H2,1-2H3,(H2,29,33)/t25-/m1/s1. The maximum atomic E-state index is 12.8. The summed E-state index contributed by atoms with van der Waals surface area (Å²) in [5.74, 6) is 0.290. The number of nitrogens with zero attached hydrogens (tertiary/aromatic N) is 2. The highest BCUT2D eigenvalue weighted by Gasteiger charge is 2.40. The molecule has 0 aromatic heterocycles. The predicted molar refractivity (Wildman–Crippen MR) is 132 cm³/mol. The van der Waals surface area contributed by atoms with Gasteiger partial charge in [-0.2, -0.15) is 0 Å². The first-order valence-electron chi connectivity index (χ1n) is 12.3. The van der Waals surface area contributed by atoms with E-state index in [4.69, 9.17) is 5.73 Å². The molecule has 0 bridgehead atoms. The molecular weight excluding hydrogens is 410 g/mol. The zero-order chi connectivity index (χ0) is 23.4. The first kappa shape index (κ1) is 23.5. The Hall–Kier alpha value is -2.66. The van der Waals surface area contributed by atoms with Gasteiger partial charge in [0, 0.05) is 32.5 Å². The second kappa shape index (κ2) is 10.1. The van der Waals surface area contributed by atoms with Crippen LogP contribution < -0.4 is 5.73 Å². The summed E-state index contributed by atoms with van der Waals surface area (Å²) in [7, 11) is 0. The highest BCUT2D eigenvalue weighted by molar-refractivity contribution is 5.81. The molecule has 2 aromatic rings. The Morgan fingerprint density at radius 3 is 2.33 bits per heavy atom. The summed E-state index contributed by atoms with van der Waals surface area (Å²) in [6.45, 7) is 8.09. The molecule has 2 N–H and O–H groups in total. The number of nitrogens with two attached hydrogens (primary N) is 1. The Labute approximate surface area is 197 Å². The van der Waals surface area contributed by atoms with E-state index < -0.39 is 5.41 Å². The lowest BCUT2D eigenvalue weighted by Gasteiger charge is -2.41. The van der Waals surface area contributed by atoms with Crippen LogP contribution in [0.1, 0.15) is 60.8 Å². The van der Waals surface area contributed by atoms with Gasteiger partial charge in [0.1, 0.15) is 0 Å². The number of hydrogen-bond acceptors (Lipinski definition) is 3. The number of piperidine rings is 2. The normalized spacial score (nSPS) is 21.0. The second-order valence-electron chi connectivity index (χ2n) is 10.0. The minimum absolute atomic E-state index is 0.145. The van der Waals surface area contributed by atoms with Crippen LogP contribution in [-0.2, 0) is 22.6 Å². The van der Waals surface area contributed by atoms with Crippen LogP contribution in [0.15, 0.2) is 48.5 Å². The van der Waals surface area contributed by atoms with E-state index in [9.17, 15) is 9.59 Å². The smallest absolute Gasteiger partial charge is 0.224 e. The number of carbonyl (C=O) groups is 2. The van der Waals surface area contributed by atoms with Gasteiger partial charge in [-0.25, -0.2) is 0 Å². The molecule has 0 saturated carbocycles. The minimum atomic E-state index is -0.507. The summed E-state index contributed by atoms with van der Waals surface area (Å²) in [5, 5.41) is 0. The third-order valence-corrected chi connectivity index (χ3v) is 7.88. The number of likely N-dealkylation sites (tertiary alicyclic amines) is 2. The number of carbonyl (C=O) groups excluding carboxylic acids is 2. The van der Waals surface area contributed by atoms with Gasteiger partial charge in [-0.3, -0.25) is 14.5 Å². The van der Waals surface area contributed by atoms with Crippen LogP contribution in [0, 0.1) is 12.3 Å². The molecule has 5 heteroatoms. The lowest BCUT2D eigenvalue weighted by atomic mass is 9.71. The monoisotopic (exact) mass is 447 g/mol. The van der Waals surface area contributed by atoms with Gasteiger partial charge in [0.05, 0.1) is 5.41 Å². The molecule has 0 radical (unpaired) electrons.